The number of halogens is 1. The third kappa shape index (κ3) is 4.28. The number of piperidine rings is 1. The average molecular weight is 423 g/mol. The van der Waals surface area contributed by atoms with Crippen LogP contribution >= 0.6 is 11.6 Å². The number of anilines is 2. The van der Waals surface area contributed by atoms with Crippen molar-refractivity contribution < 1.29 is 22.7 Å². The van der Waals surface area contributed by atoms with Gasteiger partial charge in [-0.25, -0.2) is 13.2 Å². The van der Waals surface area contributed by atoms with Crippen molar-refractivity contribution in [3.05, 3.63) is 53.1 Å². The van der Waals surface area contributed by atoms with E-state index in [1.165, 1.54) is 37.4 Å². The molecule has 28 heavy (non-hydrogen) atoms. The molecule has 1 N–H and O–H groups in total. The molecular weight excluding hydrogens is 404 g/mol. The zero-order valence-electron chi connectivity index (χ0n) is 15.1. The van der Waals surface area contributed by atoms with Gasteiger partial charge in [0.05, 0.1) is 28.3 Å². The Labute approximate surface area is 168 Å². The highest BCUT2D eigenvalue weighted by Crippen LogP contribution is 2.27. The molecule has 148 valence electrons. The predicted octanol–water partition coefficient (Wildman–Crippen LogP) is 3.44. The Kier molecular flexibility index (Phi) is 5.90. The lowest BCUT2D eigenvalue weighted by Gasteiger charge is -2.26. The number of carbonyl (C=O) groups excluding carboxylic acids is 2. The molecule has 1 aliphatic rings. The van der Waals surface area contributed by atoms with Crippen LogP contribution in [0.15, 0.2) is 47.4 Å². The van der Waals surface area contributed by atoms with E-state index in [0.29, 0.717) is 18.7 Å². The van der Waals surface area contributed by atoms with Crippen molar-refractivity contribution in [1.29, 1.82) is 0 Å². The van der Waals surface area contributed by atoms with E-state index in [4.69, 9.17) is 11.6 Å². The SMILES string of the molecule is COC(=O)c1ccc(Cl)c(NS(=O)(=O)c2ccc(N3CCCCC3=O)cc2)c1. The fourth-order valence-electron chi connectivity index (χ4n) is 2.94. The average Bonchev–Trinajstić information content (AvgIpc) is 2.69. The van der Waals surface area contributed by atoms with Crippen molar-refractivity contribution >= 4 is 44.9 Å². The van der Waals surface area contributed by atoms with Gasteiger partial charge in [-0.15, -0.1) is 0 Å². The predicted molar refractivity (Wildman–Crippen MR) is 106 cm³/mol. The topological polar surface area (TPSA) is 92.8 Å². The first-order valence-corrected chi connectivity index (χ1v) is 10.5. The van der Waals surface area contributed by atoms with Gasteiger partial charge >= 0.3 is 5.97 Å². The number of methoxy groups -OCH3 is 1. The molecular formula is C19H19ClN2O5S. The second kappa shape index (κ2) is 8.20. The first kappa shape index (κ1) is 20.2. The van der Waals surface area contributed by atoms with E-state index < -0.39 is 16.0 Å². The zero-order chi connectivity index (χ0) is 20.3. The monoisotopic (exact) mass is 422 g/mol. The quantitative estimate of drug-likeness (QED) is 0.745. The van der Waals surface area contributed by atoms with Gasteiger partial charge in [-0.05, 0) is 55.3 Å². The Hall–Kier alpha value is -2.58. The molecule has 2 aromatic rings. The first-order valence-electron chi connectivity index (χ1n) is 8.63. The summed E-state index contributed by atoms with van der Waals surface area (Å²) in [6.45, 7) is 0.624. The number of nitrogens with zero attached hydrogens (tertiary/aromatic N) is 1. The van der Waals surface area contributed by atoms with Gasteiger partial charge in [-0.2, -0.15) is 0 Å². The van der Waals surface area contributed by atoms with Crippen LogP contribution in [0.4, 0.5) is 11.4 Å². The molecule has 3 rings (SSSR count). The summed E-state index contributed by atoms with van der Waals surface area (Å²) in [6, 6.07) is 10.2. The standard InChI is InChI=1S/C19H19ClN2O5S/c1-27-19(24)13-5-10-16(20)17(12-13)21-28(25,26)15-8-6-14(7-9-15)22-11-3-2-4-18(22)23/h5-10,12,21H,2-4,11H2,1H3. The van der Waals surface area contributed by atoms with Crippen molar-refractivity contribution in [3.63, 3.8) is 0 Å². The molecule has 0 aromatic heterocycles. The van der Waals surface area contributed by atoms with Crippen LogP contribution in [-0.2, 0) is 19.6 Å². The largest absolute Gasteiger partial charge is 0.465 e. The smallest absolute Gasteiger partial charge is 0.337 e. The summed E-state index contributed by atoms with van der Waals surface area (Å²) >= 11 is 6.06. The van der Waals surface area contributed by atoms with Crippen molar-refractivity contribution in [3.8, 4) is 0 Å². The number of carbonyl (C=O) groups is 2. The van der Waals surface area contributed by atoms with E-state index >= 15 is 0 Å². The molecule has 0 radical (unpaired) electrons. The van der Waals surface area contributed by atoms with E-state index in [2.05, 4.69) is 9.46 Å². The molecule has 1 heterocycles. The van der Waals surface area contributed by atoms with Crippen molar-refractivity contribution in [2.75, 3.05) is 23.3 Å². The number of benzene rings is 2. The molecule has 1 aliphatic heterocycles. The second-order valence-electron chi connectivity index (χ2n) is 6.29. The highest BCUT2D eigenvalue weighted by Gasteiger charge is 2.21. The minimum absolute atomic E-state index is 0.0141. The Morgan fingerprint density at radius 2 is 1.86 bits per heavy atom. The molecule has 1 amide bonds. The molecule has 9 heteroatoms. The number of sulfonamides is 1. The molecule has 0 unspecified atom stereocenters. The van der Waals surface area contributed by atoms with Gasteiger partial charge in [0.1, 0.15) is 0 Å². The summed E-state index contributed by atoms with van der Waals surface area (Å²) in [7, 11) is -2.70. The van der Waals surface area contributed by atoms with Crippen LogP contribution in [0.2, 0.25) is 5.02 Å². The van der Waals surface area contributed by atoms with Crippen molar-refractivity contribution in [1.82, 2.24) is 0 Å². The van der Waals surface area contributed by atoms with Gasteiger partial charge < -0.3 is 9.64 Å². The van der Waals surface area contributed by atoms with E-state index in [1.54, 1.807) is 17.0 Å². The van der Waals surface area contributed by atoms with Crippen LogP contribution in [0.3, 0.4) is 0 Å². The van der Waals surface area contributed by atoms with Crippen LogP contribution in [0.25, 0.3) is 0 Å². The fraction of sp³-hybridized carbons (Fsp3) is 0.263. The lowest BCUT2D eigenvalue weighted by atomic mass is 10.1. The molecule has 7 nitrogen and oxygen atoms in total. The molecule has 0 aliphatic carbocycles. The molecule has 2 aromatic carbocycles. The maximum absolute atomic E-state index is 12.7. The summed E-state index contributed by atoms with van der Waals surface area (Å²) in [6.07, 6.45) is 2.29. The third-order valence-corrected chi connectivity index (χ3v) is 6.12. The number of nitrogens with one attached hydrogen (secondary N) is 1. The Morgan fingerprint density at radius 3 is 2.50 bits per heavy atom. The van der Waals surface area contributed by atoms with E-state index in [9.17, 15) is 18.0 Å². The van der Waals surface area contributed by atoms with Gasteiger partial charge in [0.25, 0.3) is 10.0 Å². The molecule has 0 bridgehead atoms. The van der Waals surface area contributed by atoms with E-state index in [-0.39, 0.29) is 27.1 Å². The highest BCUT2D eigenvalue weighted by atomic mass is 35.5. The zero-order valence-corrected chi connectivity index (χ0v) is 16.7. The molecule has 0 saturated carbocycles. The van der Waals surface area contributed by atoms with Gasteiger partial charge in [0.2, 0.25) is 5.91 Å². The van der Waals surface area contributed by atoms with E-state index in [0.717, 1.165) is 12.8 Å². The minimum atomic E-state index is -3.94. The molecule has 1 fully saturated rings. The maximum atomic E-state index is 12.7. The van der Waals surface area contributed by atoms with Gasteiger partial charge in [-0.3, -0.25) is 9.52 Å². The number of hydrogen-bond acceptors (Lipinski definition) is 5. The third-order valence-electron chi connectivity index (χ3n) is 4.41. The second-order valence-corrected chi connectivity index (χ2v) is 8.38. The van der Waals surface area contributed by atoms with Crippen LogP contribution in [0.1, 0.15) is 29.6 Å². The lowest BCUT2D eigenvalue weighted by Crippen LogP contribution is -2.35. The molecule has 1 saturated heterocycles. The van der Waals surface area contributed by atoms with Crippen LogP contribution in [0, 0.1) is 0 Å². The van der Waals surface area contributed by atoms with E-state index in [1.807, 2.05) is 0 Å². The highest BCUT2D eigenvalue weighted by molar-refractivity contribution is 7.92. The van der Waals surface area contributed by atoms with Crippen LogP contribution in [0.5, 0.6) is 0 Å². The number of ether oxygens (including phenoxy) is 1. The van der Waals surface area contributed by atoms with Crippen LogP contribution in [-0.4, -0.2) is 33.9 Å². The normalized spacial score (nSPS) is 14.6. The van der Waals surface area contributed by atoms with Crippen molar-refractivity contribution in [2.45, 2.75) is 24.2 Å². The summed E-state index contributed by atoms with van der Waals surface area (Å²) < 4.78 is 32.4. The summed E-state index contributed by atoms with van der Waals surface area (Å²) in [4.78, 5) is 25.3. The van der Waals surface area contributed by atoms with Crippen molar-refractivity contribution in [2.24, 2.45) is 0 Å². The van der Waals surface area contributed by atoms with Gasteiger partial charge in [0.15, 0.2) is 0 Å². The molecule has 0 atom stereocenters. The molecule has 0 spiro atoms. The Bertz CT molecular complexity index is 1010. The van der Waals surface area contributed by atoms with Gasteiger partial charge in [0, 0.05) is 18.7 Å². The first-order chi connectivity index (χ1) is 13.3. The number of rotatable bonds is 5. The number of hydrogen-bond donors (Lipinski definition) is 1. The Balaban J connectivity index is 1.83. The van der Waals surface area contributed by atoms with Gasteiger partial charge in [-0.1, -0.05) is 11.6 Å². The Morgan fingerprint density at radius 1 is 1.14 bits per heavy atom. The summed E-state index contributed by atoms with van der Waals surface area (Å²) in [5.41, 5.74) is 0.901. The maximum Gasteiger partial charge on any atom is 0.337 e. The summed E-state index contributed by atoms with van der Waals surface area (Å²) in [5, 5.41) is 0.145. The summed E-state index contributed by atoms with van der Waals surface area (Å²) in [5.74, 6) is -0.570. The lowest BCUT2D eigenvalue weighted by molar-refractivity contribution is -0.119. The number of esters is 1. The van der Waals surface area contributed by atoms with Crippen LogP contribution < -0.4 is 9.62 Å². The number of amides is 1. The minimum Gasteiger partial charge on any atom is -0.465 e. The fourth-order valence-corrected chi connectivity index (χ4v) is 4.23.